The van der Waals surface area contributed by atoms with Gasteiger partial charge in [-0.25, -0.2) is 0 Å². The van der Waals surface area contributed by atoms with Crippen molar-refractivity contribution in [2.24, 2.45) is 10.9 Å². The lowest BCUT2D eigenvalue weighted by atomic mass is 10.2. The molecular weight excluding hydrogens is 239 g/mol. The molecule has 1 atom stereocenters. The average molecular weight is 252 g/mol. The maximum atomic E-state index is 4.50. The van der Waals surface area contributed by atoms with Gasteiger partial charge in [0.2, 0.25) is 0 Å². The summed E-state index contributed by atoms with van der Waals surface area (Å²) in [5.74, 6) is 1.81. The SMILES string of the molecule is CC1CN(I)C(C(C)C)=N1. The Kier molecular flexibility index (Phi) is 2.55. The summed E-state index contributed by atoms with van der Waals surface area (Å²) >= 11 is 2.33. The van der Waals surface area contributed by atoms with E-state index in [2.05, 4.69) is 51.7 Å². The number of hydrogen-bond acceptors (Lipinski definition) is 2. The minimum absolute atomic E-state index is 0.495. The van der Waals surface area contributed by atoms with Crippen molar-refractivity contribution < 1.29 is 0 Å². The maximum absolute atomic E-state index is 4.50. The van der Waals surface area contributed by atoms with Crippen LogP contribution < -0.4 is 0 Å². The zero-order valence-electron chi connectivity index (χ0n) is 6.63. The smallest absolute Gasteiger partial charge is 0.111 e. The molecular formula is C7H13IN2. The number of nitrogens with zero attached hydrogens (tertiary/aromatic N) is 2. The Balaban J connectivity index is 2.65. The van der Waals surface area contributed by atoms with Crippen LogP contribution in [-0.2, 0) is 0 Å². The molecule has 0 radical (unpaired) electrons. The van der Waals surface area contributed by atoms with Crippen molar-refractivity contribution in [2.75, 3.05) is 6.54 Å². The van der Waals surface area contributed by atoms with Gasteiger partial charge in [-0.3, -0.25) is 4.99 Å². The first-order valence-electron chi connectivity index (χ1n) is 3.62. The number of aliphatic imine (C=N–C) groups is 1. The van der Waals surface area contributed by atoms with Crippen molar-refractivity contribution in [3.8, 4) is 0 Å². The Morgan fingerprint density at radius 3 is 2.50 bits per heavy atom. The Morgan fingerprint density at radius 1 is 1.70 bits per heavy atom. The summed E-state index contributed by atoms with van der Waals surface area (Å²) in [5, 5.41) is 0. The van der Waals surface area contributed by atoms with E-state index in [4.69, 9.17) is 0 Å². The lowest BCUT2D eigenvalue weighted by molar-refractivity contribution is 0.659. The van der Waals surface area contributed by atoms with E-state index in [-0.39, 0.29) is 0 Å². The van der Waals surface area contributed by atoms with Gasteiger partial charge in [-0.1, -0.05) is 13.8 Å². The highest BCUT2D eigenvalue weighted by molar-refractivity contribution is 14.1. The molecule has 2 nitrogen and oxygen atoms in total. The molecule has 0 N–H and O–H groups in total. The second-order valence-electron chi connectivity index (χ2n) is 3.04. The first-order chi connectivity index (χ1) is 4.61. The molecule has 1 unspecified atom stereocenters. The lowest BCUT2D eigenvalue weighted by Crippen LogP contribution is -2.21. The largest absolute Gasteiger partial charge is 0.301 e. The summed E-state index contributed by atoms with van der Waals surface area (Å²) in [6.07, 6.45) is 0. The second kappa shape index (κ2) is 3.07. The molecule has 0 saturated heterocycles. The van der Waals surface area contributed by atoms with Crippen LogP contribution in [0.3, 0.4) is 0 Å². The molecule has 1 heterocycles. The second-order valence-corrected chi connectivity index (χ2v) is 4.20. The number of amidine groups is 1. The summed E-state index contributed by atoms with van der Waals surface area (Å²) in [4.78, 5) is 4.50. The van der Waals surface area contributed by atoms with E-state index in [1.54, 1.807) is 0 Å². The van der Waals surface area contributed by atoms with Crippen LogP contribution in [0, 0.1) is 5.92 Å². The number of halogens is 1. The topological polar surface area (TPSA) is 15.6 Å². The first kappa shape index (κ1) is 8.30. The molecule has 58 valence electrons. The van der Waals surface area contributed by atoms with Gasteiger partial charge in [0.05, 0.1) is 35.5 Å². The summed E-state index contributed by atoms with van der Waals surface area (Å²) in [7, 11) is 0. The van der Waals surface area contributed by atoms with Crippen LogP contribution in [0.2, 0.25) is 0 Å². The van der Waals surface area contributed by atoms with Gasteiger partial charge >= 0.3 is 0 Å². The minimum atomic E-state index is 0.495. The van der Waals surface area contributed by atoms with E-state index in [1.165, 1.54) is 5.84 Å². The fourth-order valence-electron chi connectivity index (χ4n) is 1.08. The highest BCUT2D eigenvalue weighted by atomic mass is 127. The molecule has 10 heavy (non-hydrogen) atoms. The molecule has 0 saturated carbocycles. The zero-order chi connectivity index (χ0) is 7.72. The van der Waals surface area contributed by atoms with Crippen LogP contribution in [0.15, 0.2) is 4.99 Å². The highest BCUT2D eigenvalue weighted by Gasteiger charge is 2.21. The van der Waals surface area contributed by atoms with E-state index in [1.807, 2.05) is 0 Å². The maximum Gasteiger partial charge on any atom is 0.111 e. The van der Waals surface area contributed by atoms with Crippen LogP contribution in [-0.4, -0.2) is 21.5 Å². The monoisotopic (exact) mass is 252 g/mol. The van der Waals surface area contributed by atoms with Crippen molar-refractivity contribution in [3.63, 3.8) is 0 Å². The number of hydrogen-bond donors (Lipinski definition) is 0. The van der Waals surface area contributed by atoms with Gasteiger partial charge in [0, 0.05) is 5.92 Å². The summed E-state index contributed by atoms with van der Waals surface area (Å²) < 4.78 is 2.22. The van der Waals surface area contributed by atoms with E-state index in [0.717, 1.165) is 6.54 Å². The molecule has 0 fully saturated rings. The van der Waals surface area contributed by atoms with Crippen LogP contribution in [0.25, 0.3) is 0 Å². The van der Waals surface area contributed by atoms with Crippen LogP contribution in [0.5, 0.6) is 0 Å². The fraction of sp³-hybridized carbons (Fsp3) is 0.857. The predicted molar refractivity (Wildman–Crippen MR) is 52.5 cm³/mol. The Bertz CT molecular complexity index is 154. The Morgan fingerprint density at radius 2 is 2.30 bits per heavy atom. The van der Waals surface area contributed by atoms with Gasteiger partial charge < -0.3 is 3.11 Å². The summed E-state index contributed by atoms with van der Waals surface area (Å²) in [6.45, 7) is 7.60. The molecule has 3 heteroatoms. The third-order valence-corrected chi connectivity index (χ3v) is 2.43. The van der Waals surface area contributed by atoms with E-state index in [9.17, 15) is 0 Å². The molecule has 1 rings (SSSR count). The summed E-state index contributed by atoms with van der Waals surface area (Å²) in [5.41, 5.74) is 0. The van der Waals surface area contributed by atoms with Gasteiger partial charge in [0.1, 0.15) is 5.84 Å². The highest BCUT2D eigenvalue weighted by Crippen LogP contribution is 2.17. The molecule has 0 aromatic rings. The van der Waals surface area contributed by atoms with Crippen LogP contribution >= 0.6 is 22.9 Å². The fourth-order valence-corrected chi connectivity index (χ4v) is 2.34. The molecule has 0 aliphatic carbocycles. The van der Waals surface area contributed by atoms with Gasteiger partial charge in [0.15, 0.2) is 0 Å². The first-order valence-corrected chi connectivity index (χ1v) is 4.58. The van der Waals surface area contributed by atoms with Crippen molar-refractivity contribution in [2.45, 2.75) is 26.8 Å². The van der Waals surface area contributed by atoms with E-state index >= 15 is 0 Å². The molecule has 1 aliphatic rings. The molecule has 0 bridgehead atoms. The summed E-state index contributed by atoms with van der Waals surface area (Å²) in [6, 6.07) is 0.495. The Hall–Kier alpha value is 0.200. The van der Waals surface area contributed by atoms with Gasteiger partial charge in [-0.2, -0.15) is 0 Å². The normalized spacial score (nSPS) is 25.9. The molecule has 0 aromatic carbocycles. The quantitative estimate of drug-likeness (QED) is 0.515. The zero-order valence-corrected chi connectivity index (χ0v) is 8.79. The number of rotatable bonds is 1. The molecule has 0 spiro atoms. The molecule has 0 aromatic heterocycles. The van der Waals surface area contributed by atoms with Gasteiger partial charge in [0.25, 0.3) is 0 Å². The molecule has 1 aliphatic heterocycles. The third-order valence-electron chi connectivity index (χ3n) is 1.54. The van der Waals surface area contributed by atoms with Crippen molar-refractivity contribution in [3.05, 3.63) is 0 Å². The van der Waals surface area contributed by atoms with Gasteiger partial charge in [-0.15, -0.1) is 0 Å². The van der Waals surface area contributed by atoms with Crippen LogP contribution in [0.4, 0.5) is 0 Å². The van der Waals surface area contributed by atoms with Crippen molar-refractivity contribution >= 4 is 28.7 Å². The van der Waals surface area contributed by atoms with E-state index < -0.39 is 0 Å². The van der Waals surface area contributed by atoms with Gasteiger partial charge in [-0.05, 0) is 6.92 Å². The third kappa shape index (κ3) is 1.62. The van der Waals surface area contributed by atoms with Crippen molar-refractivity contribution in [1.82, 2.24) is 3.11 Å². The lowest BCUT2D eigenvalue weighted by Gasteiger charge is -2.13. The van der Waals surface area contributed by atoms with Crippen molar-refractivity contribution in [1.29, 1.82) is 0 Å². The molecule has 0 amide bonds. The predicted octanol–water partition coefficient (Wildman–Crippen LogP) is 2.10. The van der Waals surface area contributed by atoms with Crippen LogP contribution in [0.1, 0.15) is 20.8 Å². The Labute approximate surface area is 76.2 Å². The van der Waals surface area contributed by atoms with E-state index in [0.29, 0.717) is 12.0 Å². The minimum Gasteiger partial charge on any atom is -0.301 e. The standard InChI is InChI=1S/C7H13IN2/c1-5(2)7-9-6(3)4-10(7)8/h5-6H,4H2,1-3H3. The average Bonchev–Trinajstić information content (AvgIpc) is 2.10.